The molecule has 1 aliphatic heterocycles. The summed E-state index contributed by atoms with van der Waals surface area (Å²) in [5, 5.41) is 0. The number of carbonyl (C=O) groups is 2. The largest absolute Gasteiger partial charge is 0.482 e. The zero-order chi connectivity index (χ0) is 14.0. The highest BCUT2D eigenvalue weighted by Crippen LogP contribution is 2.38. The summed E-state index contributed by atoms with van der Waals surface area (Å²) >= 11 is 0. The predicted octanol–water partition coefficient (Wildman–Crippen LogP) is 1.19. The lowest BCUT2D eigenvalue weighted by Crippen LogP contribution is -2.37. The molecule has 0 atom stereocenters. The van der Waals surface area contributed by atoms with Crippen molar-refractivity contribution < 1.29 is 19.1 Å². The minimum atomic E-state index is -0.540. The van der Waals surface area contributed by atoms with Gasteiger partial charge in [-0.15, -0.1) is 0 Å². The highest BCUT2D eigenvalue weighted by Gasteiger charge is 2.30. The third kappa shape index (κ3) is 2.33. The quantitative estimate of drug-likeness (QED) is 0.655. The number of likely N-dealkylation sites (N-methyl/N-ethyl adjacent to an activating group) is 1. The van der Waals surface area contributed by atoms with Gasteiger partial charge in [0.15, 0.2) is 6.61 Å². The van der Waals surface area contributed by atoms with E-state index in [2.05, 4.69) is 0 Å². The van der Waals surface area contributed by atoms with Crippen molar-refractivity contribution in [3.63, 3.8) is 0 Å². The topological polar surface area (TPSA) is 81.9 Å². The summed E-state index contributed by atoms with van der Waals surface area (Å²) in [5.41, 5.74) is 6.65. The minimum absolute atomic E-state index is 0.0448. The maximum Gasteiger partial charge on any atom is 0.342 e. The molecule has 0 fully saturated rings. The third-order valence-electron chi connectivity index (χ3n) is 2.88. The van der Waals surface area contributed by atoms with E-state index >= 15 is 0 Å². The van der Waals surface area contributed by atoms with Crippen molar-refractivity contribution in [1.82, 2.24) is 0 Å². The Kier molecular flexibility index (Phi) is 3.59. The molecule has 0 saturated carbocycles. The zero-order valence-corrected chi connectivity index (χ0v) is 10.9. The fourth-order valence-corrected chi connectivity index (χ4v) is 1.88. The summed E-state index contributed by atoms with van der Waals surface area (Å²) < 4.78 is 10.4. The number of esters is 1. The number of carbonyl (C=O) groups excluding carboxylic acids is 2. The Labute approximate surface area is 111 Å². The van der Waals surface area contributed by atoms with E-state index in [-0.39, 0.29) is 23.8 Å². The van der Waals surface area contributed by atoms with Gasteiger partial charge in [-0.1, -0.05) is 6.92 Å². The van der Waals surface area contributed by atoms with Gasteiger partial charge in [0, 0.05) is 12.7 Å². The van der Waals surface area contributed by atoms with Crippen LogP contribution in [0.2, 0.25) is 0 Å². The van der Waals surface area contributed by atoms with Crippen molar-refractivity contribution in [2.24, 2.45) is 0 Å². The number of hydrogen-bond donors (Lipinski definition) is 1. The van der Waals surface area contributed by atoms with Crippen LogP contribution in [-0.2, 0) is 9.53 Å². The lowest BCUT2D eigenvalue weighted by atomic mass is 10.1. The van der Waals surface area contributed by atoms with Crippen LogP contribution in [0, 0.1) is 0 Å². The van der Waals surface area contributed by atoms with Crippen molar-refractivity contribution in [2.75, 3.05) is 30.9 Å². The first kappa shape index (κ1) is 13.2. The van der Waals surface area contributed by atoms with Gasteiger partial charge in [-0.2, -0.15) is 0 Å². The molecule has 6 nitrogen and oxygen atoms in total. The van der Waals surface area contributed by atoms with Gasteiger partial charge in [-0.3, -0.25) is 4.79 Å². The first-order chi connectivity index (χ1) is 9.06. The highest BCUT2D eigenvalue weighted by molar-refractivity contribution is 6.09. The SMILES string of the molecule is CCCOC(=O)c1c(N)ccc2c1N(C)C(=O)CO2. The summed E-state index contributed by atoms with van der Waals surface area (Å²) in [5.74, 6) is -0.316. The average Bonchev–Trinajstić information content (AvgIpc) is 2.40. The summed E-state index contributed by atoms with van der Waals surface area (Å²) in [7, 11) is 1.58. The number of fused-ring (bicyclic) bond motifs is 1. The molecule has 6 heteroatoms. The maximum atomic E-state index is 12.1. The second kappa shape index (κ2) is 5.17. The molecule has 0 bridgehead atoms. The van der Waals surface area contributed by atoms with E-state index in [1.165, 1.54) is 4.90 Å². The molecule has 102 valence electrons. The Bertz CT molecular complexity index is 528. The van der Waals surface area contributed by atoms with Crippen LogP contribution in [0.1, 0.15) is 23.7 Å². The number of nitrogens with zero attached hydrogens (tertiary/aromatic N) is 1. The van der Waals surface area contributed by atoms with Crippen molar-refractivity contribution >= 4 is 23.3 Å². The van der Waals surface area contributed by atoms with Gasteiger partial charge in [0.1, 0.15) is 17.0 Å². The first-order valence-electron chi connectivity index (χ1n) is 6.05. The standard InChI is InChI=1S/C13H16N2O4/c1-3-6-18-13(17)11-8(14)4-5-9-12(11)15(2)10(16)7-19-9/h4-5H,3,6-7,14H2,1-2H3. The van der Waals surface area contributed by atoms with Gasteiger partial charge in [0.2, 0.25) is 0 Å². The van der Waals surface area contributed by atoms with Crippen LogP contribution in [0.5, 0.6) is 5.75 Å². The van der Waals surface area contributed by atoms with Crippen molar-refractivity contribution in [2.45, 2.75) is 13.3 Å². The van der Waals surface area contributed by atoms with Gasteiger partial charge >= 0.3 is 5.97 Å². The molecule has 0 aromatic heterocycles. The summed E-state index contributed by atoms with van der Waals surface area (Å²) in [6.07, 6.45) is 0.714. The van der Waals surface area contributed by atoms with Gasteiger partial charge in [0.05, 0.1) is 6.61 Å². The van der Waals surface area contributed by atoms with Gasteiger partial charge in [0.25, 0.3) is 5.91 Å². The van der Waals surface area contributed by atoms with Crippen LogP contribution >= 0.6 is 0 Å². The molecule has 1 aliphatic rings. The normalized spacial score (nSPS) is 13.8. The molecule has 0 radical (unpaired) electrons. The molecule has 0 spiro atoms. The van der Waals surface area contributed by atoms with Crippen LogP contribution in [0.4, 0.5) is 11.4 Å². The smallest absolute Gasteiger partial charge is 0.342 e. The molecular formula is C13H16N2O4. The average molecular weight is 264 g/mol. The van der Waals surface area contributed by atoms with E-state index < -0.39 is 5.97 Å². The fraction of sp³-hybridized carbons (Fsp3) is 0.385. The second-order valence-electron chi connectivity index (χ2n) is 4.25. The van der Waals surface area contributed by atoms with E-state index in [0.717, 1.165) is 0 Å². The summed E-state index contributed by atoms with van der Waals surface area (Å²) in [4.78, 5) is 25.1. The first-order valence-corrected chi connectivity index (χ1v) is 6.05. The summed E-state index contributed by atoms with van der Waals surface area (Å²) in [6.45, 7) is 2.16. The molecule has 0 unspecified atom stereocenters. The van der Waals surface area contributed by atoms with Gasteiger partial charge in [-0.05, 0) is 18.6 Å². The Morgan fingerprint density at radius 1 is 1.53 bits per heavy atom. The van der Waals surface area contributed by atoms with E-state index in [1.807, 2.05) is 6.92 Å². The molecule has 1 aromatic rings. The Balaban J connectivity index is 2.48. The lowest BCUT2D eigenvalue weighted by molar-refractivity contribution is -0.120. The molecule has 0 saturated heterocycles. The minimum Gasteiger partial charge on any atom is -0.482 e. The van der Waals surface area contributed by atoms with Crippen molar-refractivity contribution in [3.8, 4) is 5.75 Å². The number of nitrogens with two attached hydrogens (primary N) is 1. The van der Waals surface area contributed by atoms with E-state index in [9.17, 15) is 9.59 Å². The molecular weight excluding hydrogens is 248 g/mol. The lowest BCUT2D eigenvalue weighted by Gasteiger charge is -2.28. The zero-order valence-electron chi connectivity index (χ0n) is 10.9. The molecule has 2 rings (SSSR count). The van der Waals surface area contributed by atoms with Gasteiger partial charge < -0.3 is 20.1 Å². The maximum absolute atomic E-state index is 12.1. The second-order valence-corrected chi connectivity index (χ2v) is 4.25. The third-order valence-corrected chi connectivity index (χ3v) is 2.88. The number of nitrogen functional groups attached to an aromatic ring is 1. The number of anilines is 2. The molecule has 1 heterocycles. The van der Waals surface area contributed by atoms with E-state index in [0.29, 0.717) is 24.5 Å². The van der Waals surface area contributed by atoms with Crippen LogP contribution in [0.25, 0.3) is 0 Å². The molecule has 19 heavy (non-hydrogen) atoms. The Morgan fingerprint density at radius 3 is 2.95 bits per heavy atom. The van der Waals surface area contributed by atoms with E-state index in [4.69, 9.17) is 15.2 Å². The van der Waals surface area contributed by atoms with E-state index in [1.54, 1.807) is 19.2 Å². The highest BCUT2D eigenvalue weighted by atomic mass is 16.5. The van der Waals surface area contributed by atoms with Crippen LogP contribution in [-0.4, -0.2) is 32.1 Å². The van der Waals surface area contributed by atoms with Crippen LogP contribution in [0.3, 0.4) is 0 Å². The van der Waals surface area contributed by atoms with Gasteiger partial charge in [-0.25, -0.2) is 4.79 Å². The molecule has 2 N–H and O–H groups in total. The molecule has 1 amide bonds. The predicted molar refractivity (Wildman–Crippen MR) is 70.3 cm³/mol. The summed E-state index contributed by atoms with van der Waals surface area (Å²) in [6, 6.07) is 3.22. The molecule has 0 aliphatic carbocycles. The fourth-order valence-electron chi connectivity index (χ4n) is 1.88. The number of ether oxygens (including phenoxy) is 2. The Morgan fingerprint density at radius 2 is 2.26 bits per heavy atom. The van der Waals surface area contributed by atoms with Crippen LogP contribution < -0.4 is 15.4 Å². The molecule has 1 aromatic carbocycles. The van der Waals surface area contributed by atoms with Crippen LogP contribution in [0.15, 0.2) is 12.1 Å². The Hall–Kier alpha value is -2.24. The monoisotopic (exact) mass is 264 g/mol. The number of amides is 1. The number of benzene rings is 1. The van der Waals surface area contributed by atoms with Crippen molar-refractivity contribution in [1.29, 1.82) is 0 Å². The van der Waals surface area contributed by atoms with Crippen molar-refractivity contribution in [3.05, 3.63) is 17.7 Å². The number of rotatable bonds is 3. The number of hydrogen-bond acceptors (Lipinski definition) is 5.